The minimum atomic E-state index is -0.522. The molecule has 0 aromatic rings. The molecule has 3 rings (SSSR count). The van der Waals surface area contributed by atoms with Gasteiger partial charge in [0.1, 0.15) is 0 Å². The fourth-order valence-electron chi connectivity index (χ4n) is 3.24. The van der Waals surface area contributed by atoms with Gasteiger partial charge in [0.25, 0.3) is 0 Å². The summed E-state index contributed by atoms with van der Waals surface area (Å²) in [4.78, 5) is 0. The quantitative estimate of drug-likeness (QED) is 0.620. The van der Waals surface area contributed by atoms with Crippen molar-refractivity contribution in [1.82, 2.24) is 0 Å². The fourth-order valence-corrected chi connectivity index (χ4v) is 3.24. The normalized spacial score (nSPS) is 58.0. The van der Waals surface area contributed by atoms with Gasteiger partial charge in [-0.25, -0.2) is 0 Å². The number of hydrogen-bond donors (Lipinski definition) is 2. The van der Waals surface area contributed by atoms with Gasteiger partial charge in [-0.1, -0.05) is 6.92 Å². The summed E-state index contributed by atoms with van der Waals surface area (Å²) in [7, 11) is 0. The van der Waals surface area contributed by atoms with Gasteiger partial charge in [-0.2, -0.15) is 0 Å². The smallest absolute Gasteiger partial charge is 0.0654 e. The molecule has 2 nitrogen and oxygen atoms in total. The average Bonchev–Trinajstić information content (AvgIpc) is 2.00. The van der Waals surface area contributed by atoms with Crippen LogP contribution in [0.1, 0.15) is 33.1 Å². The zero-order valence-corrected chi connectivity index (χ0v) is 7.88. The molecule has 2 heteroatoms. The lowest BCUT2D eigenvalue weighted by atomic mass is 9.44. The Balaban J connectivity index is 2.22. The van der Waals surface area contributed by atoms with Crippen molar-refractivity contribution in [3.8, 4) is 0 Å². The van der Waals surface area contributed by atoms with Crippen molar-refractivity contribution in [3.05, 3.63) is 0 Å². The molecule has 3 saturated carbocycles. The van der Waals surface area contributed by atoms with Gasteiger partial charge in [-0.15, -0.1) is 0 Å². The third-order valence-electron chi connectivity index (χ3n) is 4.34. The van der Waals surface area contributed by atoms with Crippen LogP contribution in [-0.4, -0.2) is 22.4 Å². The Morgan fingerprint density at radius 2 is 2.08 bits per heavy atom. The van der Waals surface area contributed by atoms with E-state index in [-0.39, 0.29) is 12.0 Å². The minimum absolute atomic E-state index is 0.0156. The van der Waals surface area contributed by atoms with Crippen LogP contribution in [0.4, 0.5) is 0 Å². The largest absolute Gasteiger partial charge is 0.396 e. The fraction of sp³-hybridized carbons (Fsp3) is 1.00. The summed E-state index contributed by atoms with van der Waals surface area (Å²) in [5.74, 6) is 0.987. The number of hydrogen-bond acceptors (Lipinski definition) is 2. The highest BCUT2D eigenvalue weighted by atomic mass is 16.3. The number of aliphatic hydroxyl groups excluding tert-OH is 1. The second kappa shape index (κ2) is 2.24. The van der Waals surface area contributed by atoms with Crippen LogP contribution < -0.4 is 0 Å². The van der Waals surface area contributed by atoms with E-state index in [0.29, 0.717) is 11.8 Å². The van der Waals surface area contributed by atoms with Gasteiger partial charge in [0, 0.05) is 6.61 Å². The standard InChI is InChI=1S/C10H18O2/c1-9(6-11)7-3-4-10(2,12)8(9)5-7/h7-8,11-12H,3-6H2,1-2H3/t7-,8+,9-,10-/m0/s1. The molecule has 0 saturated heterocycles. The number of rotatable bonds is 1. The van der Waals surface area contributed by atoms with E-state index in [1.54, 1.807) is 0 Å². The van der Waals surface area contributed by atoms with E-state index in [4.69, 9.17) is 0 Å². The molecule has 0 amide bonds. The highest BCUT2D eigenvalue weighted by Gasteiger charge is 2.60. The van der Waals surface area contributed by atoms with Gasteiger partial charge >= 0.3 is 0 Å². The Kier molecular flexibility index (Phi) is 1.59. The van der Waals surface area contributed by atoms with E-state index in [2.05, 4.69) is 6.92 Å². The van der Waals surface area contributed by atoms with Crippen LogP contribution in [0.3, 0.4) is 0 Å². The summed E-state index contributed by atoms with van der Waals surface area (Å²) in [5.41, 5.74) is -0.506. The van der Waals surface area contributed by atoms with Gasteiger partial charge in [0.05, 0.1) is 5.60 Å². The van der Waals surface area contributed by atoms with Gasteiger partial charge in [-0.3, -0.25) is 0 Å². The molecule has 0 unspecified atom stereocenters. The van der Waals surface area contributed by atoms with Crippen LogP contribution in [0, 0.1) is 17.3 Å². The van der Waals surface area contributed by atoms with Gasteiger partial charge in [-0.05, 0) is 43.4 Å². The molecule has 70 valence electrons. The van der Waals surface area contributed by atoms with Crippen molar-refractivity contribution in [2.24, 2.45) is 17.3 Å². The third-order valence-corrected chi connectivity index (χ3v) is 4.34. The lowest BCUT2D eigenvalue weighted by Crippen LogP contribution is -2.62. The maximum Gasteiger partial charge on any atom is 0.0654 e. The predicted octanol–water partition coefficient (Wildman–Crippen LogP) is 1.17. The summed E-state index contributed by atoms with van der Waals surface area (Å²) >= 11 is 0. The molecule has 0 spiro atoms. The lowest BCUT2D eigenvalue weighted by molar-refractivity contribution is -0.214. The molecule has 2 bridgehead atoms. The Bertz CT molecular complexity index is 198. The predicted molar refractivity (Wildman–Crippen MR) is 46.6 cm³/mol. The van der Waals surface area contributed by atoms with Crippen LogP contribution in [0.25, 0.3) is 0 Å². The van der Waals surface area contributed by atoms with Gasteiger partial charge < -0.3 is 10.2 Å². The molecule has 12 heavy (non-hydrogen) atoms. The monoisotopic (exact) mass is 170 g/mol. The second-order valence-corrected chi connectivity index (χ2v) is 5.04. The van der Waals surface area contributed by atoms with Crippen molar-refractivity contribution in [2.45, 2.75) is 38.7 Å². The minimum Gasteiger partial charge on any atom is -0.396 e. The first-order valence-electron chi connectivity index (χ1n) is 4.84. The Labute approximate surface area is 73.6 Å². The van der Waals surface area contributed by atoms with E-state index in [1.165, 1.54) is 0 Å². The molecule has 4 atom stereocenters. The molecule has 0 aliphatic heterocycles. The average molecular weight is 170 g/mol. The van der Waals surface area contributed by atoms with E-state index in [0.717, 1.165) is 19.3 Å². The first kappa shape index (κ1) is 8.52. The number of fused-ring (bicyclic) bond motifs is 2. The lowest BCUT2D eigenvalue weighted by Gasteiger charge is -2.63. The highest BCUT2D eigenvalue weighted by Crippen LogP contribution is 2.62. The Morgan fingerprint density at radius 1 is 1.42 bits per heavy atom. The summed E-state index contributed by atoms with van der Waals surface area (Å²) in [6.07, 6.45) is 3.11. The van der Waals surface area contributed by atoms with Crippen LogP contribution in [0.15, 0.2) is 0 Å². The molecule has 3 fully saturated rings. The molecular weight excluding hydrogens is 152 g/mol. The van der Waals surface area contributed by atoms with E-state index < -0.39 is 5.60 Å². The highest BCUT2D eigenvalue weighted by molar-refractivity contribution is 5.10. The molecule has 0 radical (unpaired) electrons. The maximum absolute atomic E-state index is 10.0. The third kappa shape index (κ3) is 0.826. The first-order chi connectivity index (χ1) is 5.50. The van der Waals surface area contributed by atoms with Gasteiger partial charge in [0.2, 0.25) is 0 Å². The Morgan fingerprint density at radius 3 is 2.42 bits per heavy atom. The van der Waals surface area contributed by atoms with Crippen molar-refractivity contribution < 1.29 is 10.2 Å². The molecule has 0 heterocycles. The first-order valence-corrected chi connectivity index (χ1v) is 4.84. The van der Waals surface area contributed by atoms with E-state index in [9.17, 15) is 10.2 Å². The van der Waals surface area contributed by atoms with Crippen LogP contribution in [0.5, 0.6) is 0 Å². The maximum atomic E-state index is 10.0. The van der Waals surface area contributed by atoms with Crippen molar-refractivity contribution in [1.29, 1.82) is 0 Å². The van der Waals surface area contributed by atoms with Crippen LogP contribution >= 0.6 is 0 Å². The SMILES string of the molecule is C[C@]1(CO)[C@H]2CC[C@](C)(O)[C@@H]1C2. The number of aliphatic hydroxyl groups is 2. The summed E-state index contributed by atoms with van der Waals surface area (Å²) < 4.78 is 0. The van der Waals surface area contributed by atoms with Crippen molar-refractivity contribution >= 4 is 0 Å². The zero-order chi connectivity index (χ0) is 8.98. The van der Waals surface area contributed by atoms with Gasteiger partial charge in [0.15, 0.2) is 0 Å². The molecule has 3 aliphatic carbocycles. The summed E-state index contributed by atoms with van der Waals surface area (Å²) in [6, 6.07) is 0. The van der Waals surface area contributed by atoms with E-state index >= 15 is 0 Å². The molecule has 0 aromatic heterocycles. The van der Waals surface area contributed by atoms with Crippen LogP contribution in [0.2, 0.25) is 0 Å². The summed E-state index contributed by atoms with van der Waals surface area (Å²) in [6.45, 7) is 4.26. The topological polar surface area (TPSA) is 40.5 Å². The van der Waals surface area contributed by atoms with Crippen molar-refractivity contribution in [3.63, 3.8) is 0 Å². The zero-order valence-electron chi connectivity index (χ0n) is 7.88. The van der Waals surface area contributed by atoms with Crippen LogP contribution in [-0.2, 0) is 0 Å². The summed E-state index contributed by atoms with van der Waals surface area (Å²) in [5, 5.41) is 19.3. The molecule has 0 aromatic carbocycles. The molecule has 2 N–H and O–H groups in total. The molecular formula is C10H18O2. The van der Waals surface area contributed by atoms with E-state index in [1.807, 2.05) is 6.92 Å². The van der Waals surface area contributed by atoms with Crippen molar-refractivity contribution in [2.75, 3.05) is 6.61 Å². The second-order valence-electron chi connectivity index (χ2n) is 5.04. The Hall–Kier alpha value is -0.0800. The molecule has 3 aliphatic rings.